The van der Waals surface area contributed by atoms with Crippen molar-refractivity contribution >= 4 is 46.2 Å². The molecule has 3 aromatic rings. The van der Waals surface area contributed by atoms with Gasteiger partial charge in [0, 0.05) is 30.4 Å². The fourth-order valence-electron chi connectivity index (χ4n) is 3.72. The number of amides is 1. The summed E-state index contributed by atoms with van der Waals surface area (Å²) in [6, 6.07) is 15.1. The molecule has 7 nitrogen and oxygen atoms in total. The molecule has 2 atom stereocenters. The van der Waals surface area contributed by atoms with Crippen LogP contribution in [0.4, 0.5) is 11.4 Å². The number of pyridine rings is 1. The maximum atomic E-state index is 11.9. The molecular formula is C22H22ClN5O2S. The van der Waals surface area contributed by atoms with Gasteiger partial charge in [0.25, 0.3) is 0 Å². The van der Waals surface area contributed by atoms with E-state index in [1.54, 1.807) is 18.3 Å². The number of rotatable bonds is 6. The molecule has 9 heteroatoms. The number of thiocarbonyl (C=S) groups is 1. The fraction of sp³-hybridized carbons (Fsp3) is 0.227. The Morgan fingerprint density at radius 3 is 2.77 bits per heavy atom. The van der Waals surface area contributed by atoms with E-state index < -0.39 is 0 Å². The number of anilines is 2. The number of nitrogens with one attached hydrogen (secondary N) is 3. The molecular weight excluding hydrogens is 434 g/mol. The van der Waals surface area contributed by atoms with E-state index in [1.165, 1.54) is 7.11 Å². The summed E-state index contributed by atoms with van der Waals surface area (Å²) in [6.07, 6.45) is 1.77. The summed E-state index contributed by atoms with van der Waals surface area (Å²) in [4.78, 5) is 21.8. The molecule has 1 fully saturated rings. The molecule has 31 heavy (non-hydrogen) atoms. The lowest BCUT2D eigenvalue weighted by Crippen LogP contribution is -2.29. The van der Waals surface area contributed by atoms with Crippen LogP contribution in [0.1, 0.15) is 29.2 Å². The van der Waals surface area contributed by atoms with Gasteiger partial charge in [-0.2, -0.15) is 0 Å². The Kier molecular flexibility index (Phi) is 6.22. The van der Waals surface area contributed by atoms with Gasteiger partial charge in [0.1, 0.15) is 12.6 Å². The second-order valence-electron chi connectivity index (χ2n) is 7.24. The highest BCUT2D eigenvalue weighted by Crippen LogP contribution is 2.42. The summed E-state index contributed by atoms with van der Waals surface area (Å²) >= 11 is 12.2. The maximum absolute atomic E-state index is 11.9. The minimum atomic E-state index is -0.273. The molecule has 0 unspecified atom stereocenters. The highest BCUT2D eigenvalue weighted by atomic mass is 35.5. The Bertz CT molecular complexity index is 1100. The lowest BCUT2D eigenvalue weighted by atomic mass is 10.0. The topological polar surface area (TPSA) is 82.3 Å². The number of methoxy groups -OCH3 is 1. The monoisotopic (exact) mass is 455 g/mol. The molecule has 4 rings (SSSR count). The Morgan fingerprint density at radius 1 is 1.29 bits per heavy atom. The summed E-state index contributed by atoms with van der Waals surface area (Å²) < 4.78 is 4.86. The maximum Gasteiger partial charge on any atom is 0.250 e. The summed E-state index contributed by atoms with van der Waals surface area (Å²) in [5.41, 5.74) is 4.28. The van der Waals surface area contributed by atoms with Crippen LogP contribution in [0.5, 0.6) is 0 Å². The van der Waals surface area contributed by atoms with Crippen molar-refractivity contribution < 1.29 is 9.53 Å². The molecule has 3 heterocycles. The molecule has 2 aromatic heterocycles. The van der Waals surface area contributed by atoms with Crippen molar-refractivity contribution in [2.45, 2.75) is 19.0 Å². The van der Waals surface area contributed by atoms with Gasteiger partial charge in [-0.05, 0) is 61.6 Å². The van der Waals surface area contributed by atoms with Gasteiger partial charge in [-0.15, -0.1) is 0 Å². The minimum absolute atomic E-state index is 0.0434. The second kappa shape index (κ2) is 9.05. The largest absolute Gasteiger partial charge is 0.375 e. The quantitative estimate of drug-likeness (QED) is 0.485. The smallest absolute Gasteiger partial charge is 0.250 e. The van der Waals surface area contributed by atoms with E-state index in [-0.39, 0.29) is 24.6 Å². The average Bonchev–Trinajstić information content (AvgIpc) is 3.33. The van der Waals surface area contributed by atoms with E-state index in [4.69, 9.17) is 28.6 Å². The standard InChI is InChI=1S/C22H22ClN5O2S/c1-13-6-8-18(25-13)21-20(17-5-3-4-10-24-17)27-22(31)28(21)14-7-9-16(15(23)11-14)26-19(29)12-30-2/h3-11,20-21,25H,12H2,1-2H3,(H,26,29)(H,27,31)/t20-,21-/m1/s1. The van der Waals surface area contributed by atoms with Gasteiger partial charge >= 0.3 is 0 Å². The second-order valence-corrected chi connectivity index (χ2v) is 8.03. The molecule has 1 amide bonds. The van der Waals surface area contributed by atoms with Crippen LogP contribution >= 0.6 is 23.8 Å². The minimum Gasteiger partial charge on any atom is -0.375 e. The summed E-state index contributed by atoms with van der Waals surface area (Å²) in [5.74, 6) is -0.273. The zero-order valence-electron chi connectivity index (χ0n) is 17.1. The van der Waals surface area contributed by atoms with Crippen LogP contribution in [-0.2, 0) is 9.53 Å². The van der Waals surface area contributed by atoms with Gasteiger partial charge in [-0.25, -0.2) is 0 Å². The Labute approximate surface area is 190 Å². The molecule has 160 valence electrons. The van der Waals surface area contributed by atoms with Gasteiger partial charge < -0.3 is 25.3 Å². The number of benzene rings is 1. The number of aromatic nitrogens is 2. The zero-order valence-corrected chi connectivity index (χ0v) is 18.6. The van der Waals surface area contributed by atoms with Crippen LogP contribution in [-0.4, -0.2) is 34.7 Å². The normalized spacial score (nSPS) is 18.2. The Hall–Kier alpha value is -2.94. The summed E-state index contributed by atoms with van der Waals surface area (Å²) in [7, 11) is 1.46. The molecule has 0 bridgehead atoms. The van der Waals surface area contributed by atoms with Crippen molar-refractivity contribution in [2.24, 2.45) is 0 Å². The van der Waals surface area contributed by atoms with E-state index in [9.17, 15) is 4.79 Å². The van der Waals surface area contributed by atoms with Crippen molar-refractivity contribution in [1.82, 2.24) is 15.3 Å². The number of nitrogens with zero attached hydrogens (tertiary/aromatic N) is 2. The summed E-state index contributed by atoms with van der Waals surface area (Å²) in [6.45, 7) is 1.97. The molecule has 0 spiro atoms. The molecule has 0 aliphatic carbocycles. The number of hydrogen-bond acceptors (Lipinski definition) is 4. The number of hydrogen-bond donors (Lipinski definition) is 3. The highest BCUT2D eigenvalue weighted by Gasteiger charge is 2.41. The first-order chi connectivity index (χ1) is 15.0. The van der Waals surface area contributed by atoms with E-state index >= 15 is 0 Å². The van der Waals surface area contributed by atoms with Crippen molar-refractivity contribution in [3.8, 4) is 0 Å². The summed E-state index contributed by atoms with van der Waals surface area (Å²) in [5, 5.41) is 7.13. The highest BCUT2D eigenvalue weighted by molar-refractivity contribution is 7.80. The Balaban J connectivity index is 1.71. The lowest BCUT2D eigenvalue weighted by Gasteiger charge is -2.27. The van der Waals surface area contributed by atoms with Crippen LogP contribution < -0.4 is 15.5 Å². The number of carbonyl (C=O) groups excluding carboxylic acids is 1. The van der Waals surface area contributed by atoms with Crippen molar-refractivity contribution in [2.75, 3.05) is 23.9 Å². The van der Waals surface area contributed by atoms with Crippen LogP contribution in [0, 0.1) is 6.92 Å². The predicted molar refractivity (Wildman–Crippen MR) is 125 cm³/mol. The molecule has 0 radical (unpaired) electrons. The molecule has 3 N–H and O–H groups in total. The van der Waals surface area contributed by atoms with Crippen molar-refractivity contribution in [3.05, 3.63) is 76.8 Å². The number of halogens is 1. The van der Waals surface area contributed by atoms with Gasteiger partial charge in [0.15, 0.2) is 5.11 Å². The van der Waals surface area contributed by atoms with E-state index in [2.05, 4.69) is 26.7 Å². The number of carbonyl (C=O) groups is 1. The number of aryl methyl sites for hydroxylation is 1. The Morgan fingerprint density at radius 2 is 2.13 bits per heavy atom. The zero-order chi connectivity index (χ0) is 22.0. The third-order valence-corrected chi connectivity index (χ3v) is 5.68. The van der Waals surface area contributed by atoms with E-state index in [1.807, 2.05) is 42.2 Å². The predicted octanol–water partition coefficient (Wildman–Crippen LogP) is 4.13. The van der Waals surface area contributed by atoms with Gasteiger partial charge in [-0.1, -0.05) is 17.7 Å². The first kappa shape index (κ1) is 21.3. The average molecular weight is 456 g/mol. The number of H-pyrrole nitrogens is 1. The van der Waals surface area contributed by atoms with Crippen molar-refractivity contribution in [3.63, 3.8) is 0 Å². The first-order valence-corrected chi connectivity index (χ1v) is 10.5. The number of aromatic amines is 1. The number of ether oxygens (including phenoxy) is 1. The SMILES string of the molecule is COCC(=O)Nc1ccc(N2C(=S)N[C@H](c3ccccn3)[C@H]2c2ccc(C)[nH]2)cc1Cl. The van der Waals surface area contributed by atoms with E-state index in [0.717, 1.165) is 22.8 Å². The van der Waals surface area contributed by atoms with Crippen LogP contribution in [0.3, 0.4) is 0 Å². The third kappa shape index (κ3) is 4.41. The lowest BCUT2D eigenvalue weighted by molar-refractivity contribution is -0.119. The van der Waals surface area contributed by atoms with Crippen LogP contribution in [0.15, 0.2) is 54.7 Å². The fourth-order valence-corrected chi connectivity index (χ4v) is 4.29. The van der Waals surface area contributed by atoms with E-state index in [0.29, 0.717) is 15.8 Å². The van der Waals surface area contributed by atoms with Crippen molar-refractivity contribution in [1.29, 1.82) is 0 Å². The molecule has 0 saturated carbocycles. The molecule has 1 aliphatic heterocycles. The first-order valence-electron chi connectivity index (χ1n) is 9.72. The molecule has 1 aliphatic rings. The van der Waals surface area contributed by atoms with Gasteiger partial charge in [0.2, 0.25) is 5.91 Å². The van der Waals surface area contributed by atoms with Gasteiger partial charge in [-0.3, -0.25) is 9.78 Å². The molecule has 1 aromatic carbocycles. The molecule has 1 saturated heterocycles. The van der Waals surface area contributed by atoms with Gasteiger partial charge in [0.05, 0.1) is 22.4 Å². The van der Waals surface area contributed by atoms with Crippen LogP contribution in [0.25, 0.3) is 0 Å². The third-order valence-electron chi connectivity index (χ3n) is 5.05. The van der Waals surface area contributed by atoms with Crippen LogP contribution in [0.2, 0.25) is 5.02 Å².